The van der Waals surface area contributed by atoms with Gasteiger partial charge in [-0.25, -0.2) is 4.98 Å². The van der Waals surface area contributed by atoms with Crippen molar-refractivity contribution in [3.05, 3.63) is 87.9 Å². The van der Waals surface area contributed by atoms with Gasteiger partial charge in [0.25, 0.3) is 0 Å². The molecule has 0 radical (unpaired) electrons. The smallest absolute Gasteiger partial charge is 0.229 e. The Morgan fingerprint density at radius 3 is 2.35 bits per heavy atom. The largest absolute Gasteiger partial charge is 0.325 e. The van der Waals surface area contributed by atoms with Crippen molar-refractivity contribution in [1.29, 1.82) is 5.26 Å². The summed E-state index contributed by atoms with van der Waals surface area (Å²) in [5, 5.41) is 12.0. The van der Waals surface area contributed by atoms with E-state index in [-0.39, 0.29) is 18.9 Å². The molecule has 2 aromatic carbocycles. The van der Waals surface area contributed by atoms with E-state index in [1.807, 2.05) is 53.9 Å². The van der Waals surface area contributed by atoms with Gasteiger partial charge >= 0.3 is 0 Å². The number of nitriles is 1. The number of benzene rings is 2. The van der Waals surface area contributed by atoms with Crippen LogP contribution in [0.3, 0.4) is 0 Å². The van der Waals surface area contributed by atoms with E-state index in [0.717, 1.165) is 22.7 Å². The van der Waals surface area contributed by atoms with Gasteiger partial charge in [-0.2, -0.15) is 5.26 Å². The molecule has 0 atom stereocenters. The SMILES string of the molecule is N#CCN(Cc1ccccc1)C(=O)Cc1csc(Cc2ccccc2)n1. The average molecular weight is 361 g/mol. The van der Waals surface area contributed by atoms with E-state index in [1.165, 1.54) is 5.56 Å². The number of nitrogens with zero attached hydrogens (tertiary/aromatic N) is 3. The molecule has 1 aromatic heterocycles. The monoisotopic (exact) mass is 361 g/mol. The standard InChI is InChI=1S/C21H19N3OS/c22-11-12-24(15-18-9-5-2-6-10-18)21(25)14-19-16-26-20(23-19)13-17-7-3-1-4-8-17/h1-10,16H,12-15H2. The Labute approximate surface area is 157 Å². The molecule has 0 N–H and O–H groups in total. The van der Waals surface area contributed by atoms with Crippen LogP contribution >= 0.6 is 11.3 Å². The Balaban J connectivity index is 1.63. The summed E-state index contributed by atoms with van der Waals surface area (Å²) in [6.45, 7) is 0.517. The molecule has 0 aliphatic carbocycles. The van der Waals surface area contributed by atoms with Crippen LogP contribution in [-0.4, -0.2) is 22.3 Å². The fourth-order valence-corrected chi connectivity index (χ4v) is 3.50. The van der Waals surface area contributed by atoms with Crippen LogP contribution in [0.2, 0.25) is 0 Å². The van der Waals surface area contributed by atoms with Gasteiger partial charge in [-0.15, -0.1) is 11.3 Å². The van der Waals surface area contributed by atoms with Crippen LogP contribution in [0.4, 0.5) is 0 Å². The highest BCUT2D eigenvalue weighted by atomic mass is 32.1. The van der Waals surface area contributed by atoms with Gasteiger partial charge in [0.15, 0.2) is 0 Å². The molecular weight excluding hydrogens is 342 g/mol. The number of thiazole rings is 1. The van der Waals surface area contributed by atoms with Crippen molar-refractivity contribution in [2.24, 2.45) is 0 Å². The Kier molecular flexibility index (Phi) is 6.13. The Bertz CT molecular complexity index is 884. The first-order valence-corrected chi connectivity index (χ1v) is 9.28. The second-order valence-corrected chi connectivity index (χ2v) is 6.91. The molecular formula is C21H19N3OS. The summed E-state index contributed by atoms with van der Waals surface area (Å²) in [6, 6.07) is 21.9. The molecule has 5 heteroatoms. The van der Waals surface area contributed by atoms with Gasteiger partial charge in [0.05, 0.1) is 23.2 Å². The third kappa shape index (κ3) is 5.01. The van der Waals surface area contributed by atoms with Crippen LogP contribution in [0.15, 0.2) is 66.0 Å². The molecule has 0 bridgehead atoms. The molecule has 130 valence electrons. The van der Waals surface area contributed by atoms with Gasteiger partial charge in [0.2, 0.25) is 5.91 Å². The first kappa shape index (κ1) is 17.8. The number of amides is 1. The zero-order valence-electron chi connectivity index (χ0n) is 14.3. The highest BCUT2D eigenvalue weighted by Gasteiger charge is 2.16. The number of carbonyl (C=O) groups is 1. The van der Waals surface area contributed by atoms with Crippen LogP contribution in [0.25, 0.3) is 0 Å². The lowest BCUT2D eigenvalue weighted by molar-refractivity contribution is -0.130. The minimum absolute atomic E-state index is 0.0769. The average Bonchev–Trinajstić information content (AvgIpc) is 3.10. The lowest BCUT2D eigenvalue weighted by Crippen LogP contribution is -2.32. The maximum absolute atomic E-state index is 12.6. The van der Waals surface area contributed by atoms with Crippen LogP contribution in [-0.2, 0) is 24.2 Å². The molecule has 26 heavy (non-hydrogen) atoms. The first-order chi connectivity index (χ1) is 12.7. The first-order valence-electron chi connectivity index (χ1n) is 8.40. The highest BCUT2D eigenvalue weighted by molar-refractivity contribution is 7.09. The molecule has 0 fully saturated rings. The summed E-state index contributed by atoms with van der Waals surface area (Å²) in [5.41, 5.74) is 2.98. The fraction of sp³-hybridized carbons (Fsp3) is 0.190. The predicted octanol–water partition coefficient (Wildman–Crippen LogP) is 3.83. The molecule has 0 aliphatic rings. The third-order valence-electron chi connectivity index (χ3n) is 3.96. The second kappa shape index (κ2) is 8.93. The Hall–Kier alpha value is -2.97. The van der Waals surface area contributed by atoms with Crippen molar-refractivity contribution in [3.63, 3.8) is 0 Å². The molecule has 0 spiro atoms. The molecule has 0 aliphatic heterocycles. The van der Waals surface area contributed by atoms with E-state index in [4.69, 9.17) is 5.26 Å². The Morgan fingerprint density at radius 1 is 1.04 bits per heavy atom. The molecule has 0 saturated heterocycles. The minimum Gasteiger partial charge on any atom is -0.325 e. The van der Waals surface area contributed by atoms with Crippen LogP contribution in [0.1, 0.15) is 21.8 Å². The van der Waals surface area contributed by atoms with Crippen molar-refractivity contribution < 1.29 is 4.79 Å². The molecule has 1 heterocycles. The van der Waals surface area contributed by atoms with Gasteiger partial charge in [-0.05, 0) is 11.1 Å². The number of carbonyl (C=O) groups excluding carboxylic acids is 1. The van der Waals surface area contributed by atoms with Gasteiger partial charge < -0.3 is 4.90 Å². The summed E-state index contributed by atoms with van der Waals surface area (Å²) < 4.78 is 0. The van der Waals surface area contributed by atoms with Gasteiger partial charge in [0, 0.05) is 18.3 Å². The number of hydrogen-bond donors (Lipinski definition) is 0. The van der Waals surface area contributed by atoms with Crippen molar-refractivity contribution in [2.45, 2.75) is 19.4 Å². The van der Waals surface area contributed by atoms with E-state index in [0.29, 0.717) is 6.54 Å². The quantitative estimate of drug-likeness (QED) is 0.601. The molecule has 1 amide bonds. The van der Waals surface area contributed by atoms with E-state index in [2.05, 4.69) is 23.2 Å². The summed E-state index contributed by atoms with van der Waals surface area (Å²) in [7, 11) is 0. The fourth-order valence-electron chi connectivity index (χ4n) is 2.67. The summed E-state index contributed by atoms with van der Waals surface area (Å²) in [4.78, 5) is 18.8. The summed E-state index contributed by atoms with van der Waals surface area (Å²) >= 11 is 1.57. The van der Waals surface area contributed by atoms with Crippen LogP contribution < -0.4 is 0 Å². The van der Waals surface area contributed by atoms with Crippen LogP contribution in [0, 0.1) is 11.3 Å². The molecule has 0 saturated carbocycles. The maximum Gasteiger partial charge on any atom is 0.229 e. The van der Waals surface area contributed by atoms with E-state index in [1.54, 1.807) is 16.2 Å². The topological polar surface area (TPSA) is 57.0 Å². The maximum atomic E-state index is 12.6. The van der Waals surface area contributed by atoms with Gasteiger partial charge in [-0.3, -0.25) is 4.79 Å². The predicted molar refractivity (Wildman–Crippen MR) is 103 cm³/mol. The van der Waals surface area contributed by atoms with Gasteiger partial charge in [0.1, 0.15) is 6.54 Å². The summed E-state index contributed by atoms with van der Waals surface area (Å²) in [5.74, 6) is -0.0769. The molecule has 4 nitrogen and oxygen atoms in total. The lowest BCUT2D eigenvalue weighted by Gasteiger charge is -2.19. The third-order valence-corrected chi connectivity index (χ3v) is 4.86. The van der Waals surface area contributed by atoms with Crippen molar-refractivity contribution >= 4 is 17.2 Å². The molecule has 3 aromatic rings. The molecule has 3 rings (SSSR count). The molecule has 0 unspecified atom stereocenters. The zero-order chi connectivity index (χ0) is 18.2. The van der Waals surface area contributed by atoms with E-state index < -0.39 is 0 Å². The minimum atomic E-state index is -0.0769. The number of rotatable bonds is 7. The Morgan fingerprint density at radius 2 is 1.69 bits per heavy atom. The van der Waals surface area contributed by atoms with E-state index >= 15 is 0 Å². The van der Waals surface area contributed by atoms with E-state index in [9.17, 15) is 4.79 Å². The lowest BCUT2D eigenvalue weighted by atomic mass is 10.2. The number of hydrogen-bond acceptors (Lipinski definition) is 4. The van der Waals surface area contributed by atoms with Crippen molar-refractivity contribution in [2.75, 3.05) is 6.54 Å². The highest BCUT2D eigenvalue weighted by Crippen LogP contribution is 2.16. The number of aromatic nitrogens is 1. The van der Waals surface area contributed by atoms with Crippen LogP contribution in [0.5, 0.6) is 0 Å². The summed E-state index contributed by atoms with van der Waals surface area (Å²) in [6.07, 6.45) is 0.991. The zero-order valence-corrected chi connectivity index (χ0v) is 15.2. The second-order valence-electron chi connectivity index (χ2n) is 5.97. The normalized spacial score (nSPS) is 10.3. The van der Waals surface area contributed by atoms with Crippen molar-refractivity contribution in [3.8, 4) is 6.07 Å². The van der Waals surface area contributed by atoms with Crippen molar-refractivity contribution in [1.82, 2.24) is 9.88 Å². The van der Waals surface area contributed by atoms with Gasteiger partial charge in [-0.1, -0.05) is 60.7 Å².